The van der Waals surface area contributed by atoms with Crippen molar-refractivity contribution in [1.82, 2.24) is 9.97 Å². The molecule has 0 fully saturated rings. The number of aromatic amines is 1. The van der Waals surface area contributed by atoms with E-state index in [0.717, 1.165) is 15.6 Å². The van der Waals surface area contributed by atoms with E-state index >= 15 is 0 Å². The van der Waals surface area contributed by atoms with Crippen molar-refractivity contribution >= 4 is 49.5 Å². The molecule has 6 nitrogen and oxygen atoms in total. The van der Waals surface area contributed by atoms with Gasteiger partial charge in [0.25, 0.3) is 0 Å². The first-order valence-electron chi connectivity index (χ1n) is 5.90. The van der Waals surface area contributed by atoms with E-state index in [1.165, 1.54) is 0 Å². The normalized spacial score (nSPS) is 12.3. The van der Waals surface area contributed by atoms with Crippen LogP contribution in [0.4, 0.5) is 0 Å². The number of quaternary nitrogens is 1. The molecule has 0 unspecified atom stereocenters. The van der Waals surface area contributed by atoms with Crippen LogP contribution in [0.15, 0.2) is 6.33 Å². The SMILES string of the molecule is C[N+](C)(C)[C@@H](Cc1[nH]cnc1[Se]CCC#N)C(=O)[O-].I. The zero-order chi connectivity index (χ0) is 14.5. The molecule has 0 saturated carbocycles. The van der Waals surface area contributed by atoms with Gasteiger partial charge in [0, 0.05) is 0 Å². The van der Waals surface area contributed by atoms with Crippen LogP contribution in [0, 0.1) is 11.3 Å². The molecule has 0 saturated heterocycles. The molecule has 1 rings (SSSR count). The summed E-state index contributed by atoms with van der Waals surface area (Å²) in [6.45, 7) is 0. The number of aromatic nitrogens is 2. The van der Waals surface area contributed by atoms with Crippen molar-refractivity contribution in [2.45, 2.75) is 24.2 Å². The average molecular weight is 457 g/mol. The maximum absolute atomic E-state index is 11.2. The Bertz CT molecular complexity index is 479. The van der Waals surface area contributed by atoms with Gasteiger partial charge in [0.15, 0.2) is 0 Å². The summed E-state index contributed by atoms with van der Waals surface area (Å²) in [4.78, 5) is 18.5. The molecule has 0 aliphatic heterocycles. The summed E-state index contributed by atoms with van der Waals surface area (Å²) < 4.78 is 1.20. The third-order valence-electron chi connectivity index (χ3n) is 2.74. The quantitative estimate of drug-likeness (QED) is 0.248. The molecule has 0 spiro atoms. The first-order chi connectivity index (χ1) is 8.86. The molecule has 20 heavy (non-hydrogen) atoms. The summed E-state index contributed by atoms with van der Waals surface area (Å²) >= 11 is 0.104. The van der Waals surface area contributed by atoms with E-state index in [9.17, 15) is 9.90 Å². The zero-order valence-electron chi connectivity index (χ0n) is 11.8. The molecule has 1 aromatic heterocycles. The Morgan fingerprint density at radius 3 is 2.75 bits per heavy atom. The van der Waals surface area contributed by atoms with Crippen LogP contribution in [0.25, 0.3) is 0 Å². The van der Waals surface area contributed by atoms with Crippen molar-refractivity contribution in [1.29, 1.82) is 5.26 Å². The minimum absolute atomic E-state index is 0. The van der Waals surface area contributed by atoms with Gasteiger partial charge in [-0.2, -0.15) is 0 Å². The number of likely N-dealkylation sites (N-methyl/N-ethyl adjacent to an activating group) is 1. The van der Waals surface area contributed by atoms with E-state index in [2.05, 4.69) is 16.0 Å². The molecule has 0 radical (unpaired) electrons. The standard InChI is InChI=1S/C12H18N4O2Se.HI/c1-16(2,3)10(12(17)18)7-9-11(15-8-14-9)19-6-4-5-13;/h8,10H,4,6-7H2,1-3H3,(H-,14,15,17,18);1H/t10-;/m0./s1. The predicted octanol–water partition coefficient (Wildman–Crippen LogP) is -0.944. The predicted molar refractivity (Wildman–Crippen MR) is 85.0 cm³/mol. The van der Waals surface area contributed by atoms with Crippen molar-refractivity contribution < 1.29 is 14.4 Å². The topological polar surface area (TPSA) is 92.6 Å². The molecular formula is C12H19IN4O2Se. The molecular weight excluding hydrogens is 438 g/mol. The van der Waals surface area contributed by atoms with Crippen LogP contribution in [0.1, 0.15) is 12.1 Å². The maximum atomic E-state index is 11.2. The van der Waals surface area contributed by atoms with Crippen LogP contribution >= 0.6 is 24.0 Å². The van der Waals surface area contributed by atoms with Gasteiger partial charge >= 0.3 is 119 Å². The van der Waals surface area contributed by atoms with Crippen molar-refractivity contribution in [2.75, 3.05) is 21.1 Å². The number of hydrogen-bond acceptors (Lipinski definition) is 4. The van der Waals surface area contributed by atoms with E-state index in [1.54, 1.807) is 6.33 Å². The number of carboxylic acid groups (broad SMARTS) is 1. The number of carbonyl (C=O) groups excluding carboxylic acids is 1. The van der Waals surface area contributed by atoms with E-state index in [0.29, 0.717) is 17.3 Å². The van der Waals surface area contributed by atoms with E-state index in [4.69, 9.17) is 5.26 Å². The third-order valence-corrected chi connectivity index (χ3v) is 4.90. The number of carboxylic acids is 1. The van der Waals surface area contributed by atoms with Gasteiger partial charge in [0.05, 0.1) is 0 Å². The van der Waals surface area contributed by atoms with Gasteiger partial charge in [-0.3, -0.25) is 0 Å². The molecule has 0 aliphatic carbocycles. The first-order valence-corrected chi connectivity index (χ1v) is 7.97. The summed E-state index contributed by atoms with van der Waals surface area (Å²) in [6, 6.07) is 1.48. The van der Waals surface area contributed by atoms with E-state index in [1.807, 2.05) is 21.1 Å². The molecule has 1 aromatic rings. The van der Waals surface area contributed by atoms with Crippen molar-refractivity contribution in [3.8, 4) is 6.07 Å². The van der Waals surface area contributed by atoms with Gasteiger partial charge in [-0.05, 0) is 0 Å². The van der Waals surface area contributed by atoms with Crippen LogP contribution in [-0.2, 0) is 11.2 Å². The molecule has 8 heteroatoms. The Balaban J connectivity index is 0.00000361. The zero-order valence-corrected chi connectivity index (χ0v) is 15.8. The summed E-state index contributed by atoms with van der Waals surface area (Å²) in [5.41, 5.74) is 0.847. The molecule has 0 amide bonds. The van der Waals surface area contributed by atoms with Crippen LogP contribution in [-0.4, -0.2) is 62.6 Å². The summed E-state index contributed by atoms with van der Waals surface area (Å²) in [5, 5.41) is 20.6. The molecule has 112 valence electrons. The second kappa shape index (κ2) is 8.62. The molecule has 1 atom stereocenters. The minimum atomic E-state index is -1.06. The number of imidazole rings is 1. The second-order valence-corrected chi connectivity index (χ2v) is 7.37. The number of rotatable bonds is 7. The van der Waals surface area contributed by atoms with Crippen molar-refractivity contribution in [3.63, 3.8) is 0 Å². The van der Waals surface area contributed by atoms with Crippen molar-refractivity contribution in [3.05, 3.63) is 12.0 Å². The molecule has 1 N–H and O–H groups in total. The number of H-pyrrole nitrogens is 1. The third kappa shape index (κ3) is 5.79. The van der Waals surface area contributed by atoms with Crippen LogP contribution in [0.5, 0.6) is 0 Å². The number of aliphatic carboxylic acids is 1. The van der Waals surface area contributed by atoms with Gasteiger partial charge in [-0.15, -0.1) is 24.0 Å². The Hall–Kier alpha value is -0.621. The van der Waals surface area contributed by atoms with E-state index < -0.39 is 12.0 Å². The minimum Gasteiger partial charge on any atom is -0.107 e. The summed E-state index contributed by atoms with van der Waals surface area (Å²) in [7, 11) is 5.49. The smallest absolute Gasteiger partial charge is 0.107 e. The molecule has 0 aromatic carbocycles. The molecule has 1 heterocycles. The van der Waals surface area contributed by atoms with Crippen molar-refractivity contribution in [2.24, 2.45) is 0 Å². The summed E-state index contributed by atoms with van der Waals surface area (Å²) in [6.07, 6.45) is 2.46. The van der Waals surface area contributed by atoms with Gasteiger partial charge in [0.1, 0.15) is 0 Å². The average Bonchev–Trinajstić information content (AvgIpc) is 2.72. The largest absolute Gasteiger partial charge is 0.107 e. The fraction of sp³-hybridized carbons (Fsp3) is 0.583. The monoisotopic (exact) mass is 458 g/mol. The van der Waals surface area contributed by atoms with Gasteiger partial charge < -0.3 is 0 Å². The number of halogens is 1. The molecule has 0 aliphatic rings. The maximum Gasteiger partial charge on any atom is -0.107 e. The number of nitrogens with one attached hydrogen (secondary N) is 1. The number of hydrogen-bond donors (Lipinski definition) is 1. The summed E-state index contributed by atoms with van der Waals surface area (Å²) in [5.74, 6) is -1.06. The van der Waals surface area contributed by atoms with Gasteiger partial charge in [0.2, 0.25) is 0 Å². The Kier molecular flexibility index (Phi) is 8.35. The van der Waals surface area contributed by atoms with Crippen LogP contribution in [0.2, 0.25) is 5.32 Å². The number of nitriles is 1. The fourth-order valence-electron chi connectivity index (χ4n) is 1.64. The molecule has 0 bridgehead atoms. The second-order valence-electron chi connectivity index (χ2n) is 5.10. The first kappa shape index (κ1) is 19.4. The van der Waals surface area contributed by atoms with Gasteiger partial charge in [-0.25, -0.2) is 0 Å². The Morgan fingerprint density at radius 2 is 2.25 bits per heavy atom. The number of nitrogens with zero attached hydrogens (tertiary/aromatic N) is 3. The number of carbonyl (C=O) groups is 1. The Labute approximate surface area is 142 Å². The fourth-order valence-corrected chi connectivity index (χ4v) is 3.38. The Morgan fingerprint density at radius 1 is 1.60 bits per heavy atom. The van der Waals surface area contributed by atoms with Crippen LogP contribution < -0.4 is 9.70 Å². The van der Waals surface area contributed by atoms with E-state index in [-0.39, 0.29) is 38.9 Å². The van der Waals surface area contributed by atoms with Gasteiger partial charge in [-0.1, -0.05) is 0 Å². The van der Waals surface area contributed by atoms with Crippen LogP contribution in [0.3, 0.4) is 0 Å².